The summed E-state index contributed by atoms with van der Waals surface area (Å²) in [5.41, 5.74) is -0.132. The number of nitrogens with one attached hydrogen (secondary N) is 1. The Balaban J connectivity index is 1.98. The van der Waals surface area contributed by atoms with Crippen molar-refractivity contribution in [3.63, 3.8) is 0 Å². The van der Waals surface area contributed by atoms with Crippen LogP contribution in [0.5, 0.6) is 0 Å². The van der Waals surface area contributed by atoms with E-state index in [4.69, 9.17) is 4.99 Å². The van der Waals surface area contributed by atoms with E-state index in [1.807, 2.05) is 23.3 Å². The van der Waals surface area contributed by atoms with Crippen molar-refractivity contribution in [1.82, 2.24) is 10.3 Å². The van der Waals surface area contributed by atoms with Gasteiger partial charge in [-0.1, -0.05) is 25.6 Å². The highest BCUT2D eigenvalue weighted by molar-refractivity contribution is 8.14. The van der Waals surface area contributed by atoms with Crippen LogP contribution in [0, 0.1) is 5.92 Å². The maximum atomic E-state index is 4.77. The van der Waals surface area contributed by atoms with Gasteiger partial charge in [0.15, 0.2) is 5.17 Å². The maximum absolute atomic E-state index is 4.77. The van der Waals surface area contributed by atoms with Crippen LogP contribution >= 0.6 is 23.1 Å². The Bertz CT molecular complexity index is 410. The van der Waals surface area contributed by atoms with Gasteiger partial charge in [0, 0.05) is 17.3 Å². The average Bonchev–Trinajstić information content (AvgIpc) is 2.87. The molecule has 100 valence electrons. The Labute approximate surface area is 118 Å². The summed E-state index contributed by atoms with van der Waals surface area (Å²) in [5, 5.41) is 7.72. The molecule has 2 heterocycles. The number of amidine groups is 1. The molecule has 1 aliphatic heterocycles. The number of aliphatic imine (C=N–C) groups is 1. The summed E-state index contributed by atoms with van der Waals surface area (Å²) in [4.78, 5) is 9.16. The third-order valence-corrected chi connectivity index (χ3v) is 4.97. The van der Waals surface area contributed by atoms with E-state index < -0.39 is 0 Å². The van der Waals surface area contributed by atoms with Gasteiger partial charge in [-0.25, -0.2) is 4.98 Å². The molecule has 0 spiro atoms. The highest BCUT2D eigenvalue weighted by atomic mass is 32.2. The topological polar surface area (TPSA) is 37.3 Å². The standard InChI is InChI=1S/C13H21N3S2/c1-9(2)7-10-8-18-12(15-10)16-13(3,4)11-14-5-6-17-11/h5-6,9-10H,7-8H2,1-4H3,(H,15,16). The Morgan fingerprint density at radius 3 is 2.89 bits per heavy atom. The highest BCUT2D eigenvalue weighted by Gasteiger charge is 2.28. The summed E-state index contributed by atoms with van der Waals surface area (Å²) in [6, 6.07) is 0.476. The minimum Gasteiger partial charge on any atom is -0.354 e. The molecule has 3 nitrogen and oxygen atoms in total. The van der Waals surface area contributed by atoms with E-state index in [1.54, 1.807) is 11.3 Å². The molecule has 2 rings (SSSR count). The van der Waals surface area contributed by atoms with E-state index in [-0.39, 0.29) is 5.54 Å². The van der Waals surface area contributed by atoms with Crippen molar-refractivity contribution in [1.29, 1.82) is 0 Å². The lowest BCUT2D eigenvalue weighted by atomic mass is 10.1. The summed E-state index contributed by atoms with van der Waals surface area (Å²) in [6.45, 7) is 8.83. The second-order valence-corrected chi connectivity index (χ2v) is 7.52. The van der Waals surface area contributed by atoms with Crippen LogP contribution in [0.2, 0.25) is 0 Å². The van der Waals surface area contributed by atoms with E-state index in [1.165, 1.54) is 6.42 Å². The molecule has 0 bridgehead atoms. The van der Waals surface area contributed by atoms with Crippen LogP contribution in [0.15, 0.2) is 16.6 Å². The smallest absolute Gasteiger partial charge is 0.157 e. The molecule has 0 saturated carbocycles. The first kappa shape index (κ1) is 13.9. The summed E-state index contributed by atoms with van der Waals surface area (Å²) >= 11 is 3.52. The van der Waals surface area contributed by atoms with Crippen molar-refractivity contribution in [2.75, 3.05) is 5.75 Å². The van der Waals surface area contributed by atoms with Crippen molar-refractivity contribution in [3.8, 4) is 0 Å². The molecule has 0 saturated heterocycles. The molecule has 0 aliphatic carbocycles. The average molecular weight is 283 g/mol. The molecule has 18 heavy (non-hydrogen) atoms. The molecule has 1 atom stereocenters. The van der Waals surface area contributed by atoms with Crippen molar-refractivity contribution < 1.29 is 0 Å². The largest absolute Gasteiger partial charge is 0.354 e. The third kappa shape index (κ3) is 3.48. The van der Waals surface area contributed by atoms with Crippen LogP contribution in [0.4, 0.5) is 0 Å². The second kappa shape index (κ2) is 5.61. The van der Waals surface area contributed by atoms with Gasteiger partial charge in [0.1, 0.15) is 5.01 Å². The minimum atomic E-state index is -0.132. The lowest BCUT2D eigenvalue weighted by Gasteiger charge is -2.24. The van der Waals surface area contributed by atoms with E-state index in [0.717, 1.165) is 15.9 Å². The quantitative estimate of drug-likeness (QED) is 0.919. The lowest BCUT2D eigenvalue weighted by Crippen LogP contribution is -2.39. The van der Waals surface area contributed by atoms with Gasteiger partial charge in [-0.05, 0) is 26.2 Å². The molecular weight excluding hydrogens is 262 g/mol. The number of nitrogens with zero attached hydrogens (tertiary/aromatic N) is 2. The monoisotopic (exact) mass is 283 g/mol. The predicted molar refractivity (Wildman–Crippen MR) is 81.4 cm³/mol. The zero-order valence-corrected chi connectivity index (χ0v) is 13.1. The van der Waals surface area contributed by atoms with Crippen molar-refractivity contribution >= 4 is 28.3 Å². The van der Waals surface area contributed by atoms with Crippen LogP contribution < -0.4 is 5.32 Å². The molecule has 1 N–H and O–H groups in total. The first-order chi connectivity index (χ1) is 8.47. The molecule has 5 heteroatoms. The Kier molecular flexibility index (Phi) is 4.33. The molecule has 0 radical (unpaired) electrons. The van der Waals surface area contributed by atoms with Crippen LogP contribution in [-0.4, -0.2) is 21.9 Å². The van der Waals surface area contributed by atoms with Crippen LogP contribution in [-0.2, 0) is 5.54 Å². The Morgan fingerprint density at radius 2 is 2.28 bits per heavy atom. The predicted octanol–water partition coefficient (Wildman–Crippen LogP) is 3.49. The van der Waals surface area contributed by atoms with Crippen LogP contribution in [0.1, 0.15) is 39.1 Å². The molecule has 1 aromatic heterocycles. The molecule has 1 aromatic rings. The third-order valence-electron chi connectivity index (χ3n) is 2.84. The Hall–Kier alpha value is -0.550. The normalized spacial score (nSPS) is 20.3. The van der Waals surface area contributed by atoms with Crippen LogP contribution in [0.25, 0.3) is 0 Å². The van der Waals surface area contributed by atoms with Gasteiger partial charge < -0.3 is 5.32 Å². The summed E-state index contributed by atoms with van der Waals surface area (Å²) in [6.07, 6.45) is 3.03. The fourth-order valence-corrected chi connectivity index (χ4v) is 3.83. The molecule has 0 aromatic carbocycles. The van der Waals surface area contributed by atoms with E-state index in [0.29, 0.717) is 12.0 Å². The summed E-state index contributed by atoms with van der Waals surface area (Å²) < 4.78 is 0. The number of aromatic nitrogens is 1. The summed E-state index contributed by atoms with van der Waals surface area (Å²) in [5.74, 6) is 1.82. The zero-order chi connectivity index (χ0) is 13.2. The molecule has 0 fully saturated rings. The molecular formula is C13H21N3S2. The van der Waals surface area contributed by atoms with Gasteiger partial charge in [0.25, 0.3) is 0 Å². The number of hydrogen-bond donors (Lipinski definition) is 1. The van der Waals surface area contributed by atoms with Gasteiger partial charge in [0.05, 0.1) is 11.6 Å². The van der Waals surface area contributed by atoms with Crippen molar-refractivity contribution in [2.24, 2.45) is 10.9 Å². The minimum absolute atomic E-state index is 0.132. The first-order valence-corrected chi connectivity index (χ1v) is 8.22. The van der Waals surface area contributed by atoms with Gasteiger partial charge in [0.2, 0.25) is 0 Å². The number of hydrogen-bond acceptors (Lipinski definition) is 5. The fourth-order valence-electron chi connectivity index (χ4n) is 2.00. The fraction of sp³-hybridized carbons (Fsp3) is 0.692. The maximum Gasteiger partial charge on any atom is 0.157 e. The Morgan fingerprint density at radius 1 is 1.50 bits per heavy atom. The van der Waals surface area contributed by atoms with Gasteiger partial charge in [-0.2, -0.15) is 0 Å². The van der Waals surface area contributed by atoms with E-state index in [9.17, 15) is 0 Å². The van der Waals surface area contributed by atoms with E-state index >= 15 is 0 Å². The van der Waals surface area contributed by atoms with Crippen LogP contribution in [0.3, 0.4) is 0 Å². The molecule has 1 unspecified atom stereocenters. The van der Waals surface area contributed by atoms with Gasteiger partial charge in [-0.3, -0.25) is 4.99 Å². The highest BCUT2D eigenvalue weighted by Crippen LogP contribution is 2.27. The number of thioether (sulfide) groups is 1. The number of thiazole rings is 1. The van der Waals surface area contributed by atoms with Crippen molar-refractivity contribution in [2.45, 2.75) is 45.7 Å². The van der Waals surface area contributed by atoms with E-state index in [2.05, 4.69) is 38.0 Å². The SMILES string of the molecule is CC(C)CC1CSC(NC(C)(C)c2nccs2)=N1. The lowest BCUT2D eigenvalue weighted by molar-refractivity contribution is 0.483. The van der Waals surface area contributed by atoms with Gasteiger partial charge >= 0.3 is 0 Å². The molecule has 0 amide bonds. The van der Waals surface area contributed by atoms with Gasteiger partial charge in [-0.15, -0.1) is 11.3 Å². The first-order valence-electron chi connectivity index (χ1n) is 6.36. The van der Waals surface area contributed by atoms with Crippen molar-refractivity contribution in [3.05, 3.63) is 16.6 Å². The second-order valence-electron chi connectivity index (χ2n) is 5.62. The molecule has 1 aliphatic rings. The zero-order valence-electron chi connectivity index (χ0n) is 11.4. The summed E-state index contributed by atoms with van der Waals surface area (Å²) in [7, 11) is 0. The number of rotatable bonds is 4.